The summed E-state index contributed by atoms with van der Waals surface area (Å²) >= 11 is 0. The molecule has 176 valence electrons. The van der Waals surface area contributed by atoms with Crippen LogP contribution in [0.25, 0.3) is 11.1 Å². The van der Waals surface area contributed by atoms with Crippen molar-refractivity contribution in [1.29, 1.82) is 0 Å². The van der Waals surface area contributed by atoms with Crippen molar-refractivity contribution in [2.75, 3.05) is 6.61 Å². The lowest BCUT2D eigenvalue weighted by Gasteiger charge is -2.15. The molecule has 1 aromatic heterocycles. The van der Waals surface area contributed by atoms with Gasteiger partial charge in [0.25, 0.3) is 5.91 Å². The number of rotatable bonds is 8. The molecule has 1 atom stereocenters. The summed E-state index contributed by atoms with van der Waals surface area (Å²) < 4.78 is 6.81. The Balaban J connectivity index is 1.36. The largest absolute Gasteiger partial charge is 0.479 e. The molecule has 10 nitrogen and oxygen atoms in total. The summed E-state index contributed by atoms with van der Waals surface area (Å²) in [5, 5.41) is 15.5. The molecule has 0 bridgehead atoms. The number of hydrogen-bond donors (Lipinski definition) is 3. The summed E-state index contributed by atoms with van der Waals surface area (Å²) in [4.78, 5) is 40.5. The Labute approximate surface area is 195 Å². The quantitative estimate of drug-likeness (QED) is 0.437. The lowest BCUT2D eigenvalue weighted by atomic mass is 9.98. The second-order valence-electron chi connectivity index (χ2n) is 7.85. The highest BCUT2D eigenvalue weighted by atomic mass is 16.7. The molecule has 0 aliphatic heterocycles. The van der Waals surface area contributed by atoms with Crippen LogP contribution in [0.5, 0.6) is 0 Å². The van der Waals surface area contributed by atoms with Crippen LogP contribution in [-0.4, -0.2) is 45.6 Å². The maximum atomic E-state index is 12.4. The summed E-state index contributed by atoms with van der Waals surface area (Å²) in [6, 6.07) is 16.1. The van der Waals surface area contributed by atoms with Crippen molar-refractivity contribution in [1.82, 2.24) is 20.6 Å². The molecular weight excluding hydrogens is 440 g/mol. The number of alkyl carbamates (subject to hydrolysis) is 1. The van der Waals surface area contributed by atoms with Gasteiger partial charge in [0.1, 0.15) is 12.3 Å². The minimum atomic E-state index is -1.22. The van der Waals surface area contributed by atoms with Gasteiger partial charge < -0.3 is 15.2 Å². The van der Waals surface area contributed by atoms with Gasteiger partial charge in [-0.25, -0.2) is 15.1 Å². The van der Waals surface area contributed by atoms with E-state index < -0.39 is 24.1 Å². The molecule has 3 aromatic rings. The van der Waals surface area contributed by atoms with Crippen molar-refractivity contribution < 1.29 is 29.1 Å². The third-order valence-electron chi connectivity index (χ3n) is 5.67. The average molecular weight is 464 g/mol. The third kappa shape index (κ3) is 4.62. The van der Waals surface area contributed by atoms with E-state index in [0.717, 1.165) is 22.3 Å². The number of hydroxylamine groups is 1. The monoisotopic (exact) mass is 464 g/mol. The standard InChI is InChI=1S/C24H24N4O6/c1-14(23(30)31)34-27-22(29)21-15(12-26-28(21)2)11-25-24(32)33-13-20-18-9-5-3-7-16(18)17-8-4-6-10-19(17)20/h3-10,12,14,20H,11,13H2,1-2H3,(H,25,32)(H,27,29)(H,30,31). The molecule has 0 spiro atoms. The third-order valence-corrected chi connectivity index (χ3v) is 5.67. The number of ether oxygens (including phenoxy) is 1. The van der Waals surface area contributed by atoms with Gasteiger partial charge in [-0.15, -0.1) is 0 Å². The summed E-state index contributed by atoms with van der Waals surface area (Å²) in [5.41, 5.74) is 7.12. The maximum absolute atomic E-state index is 12.4. The number of carboxylic acids is 1. The number of fused-ring (bicyclic) bond motifs is 3. The van der Waals surface area contributed by atoms with Gasteiger partial charge >= 0.3 is 12.1 Å². The predicted octanol–water partition coefficient (Wildman–Crippen LogP) is 2.59. The molecular formula is C24H24N4O6. The molecule has 2 amide bonds. The first-order chi connectivity index (χ1) is 16.4. The highest BCUT2D eigenvalue weighted by Crippen LogP contribution is 2.44. The Bertz CT molecular complexity index is 1190. The van der Waals surface area contributed by atoms with Crippen LogP contribution < -0.4 is 10.8 Å². The molecule has 1 aliphatic carbocycles. The first-order valence-corrected chi connectivity index (χ1v) is 10.6. The fourth-order valence-corrected chi connectivity index (χ4v) is 3.96. The zero-order chi connectivity index (χ0) is 24.2. The number of benzene rings is 2. The fraction of sp³-hybridized carbons (Fsp3) is 0.250. The Morgan fingerprint density at radius 1 is 1.09 bits per heavy atom. The summed E-state index contributed by atoms with van der Waals surface area (Å²) in [6.07, 6.45) is -0.424. The number of nitrogens with zero attached hydrogens (tertiary/aromatic N) is 2. The molecule has 2 aromatic carbocycles. The highest BCUT2D eigenvalue weighted by molar-refractivity contribution is 5.93. The second kappa shape index (κ2) is 9.75. The zero-order valence-electron chi connectivity index (χ0n) is 18.6. The predicted molar refractivity (Wildman–Crippen MR) is 121 cm³/mol. The maximum Gasteiger partial charge on any atom is 0.407 e. The number of amides is 2. The second-order valence-corrected chi connectivity index (χ2v) is 7.85. The van der Waals surface area contributed by atoms with E-state index in [1.807, 2.05) is 36.4 Å². The fourth-order valence-electron chi connectivity index (χ4n) is 3.96. The zero-order valence-corrected chi connectivity index (χ0v) is 18.6. The lowest BCUT2D eigenvalue weighted by Crippen LogP contribution is -2.34. The van der Waals surface area contributed by atoms with E-state index in [2.05, 4.69) is 28.0 Å². The van der Waals surface area contributed by atoms with Gasteiger partial charge in [0.2, 0.25) is 0 Å². The minimum absolute atomic E-state index is 0.0122. The summed E-state index contributed by atoms with van der Waals surface area (Å²) in [7, 11) is 1.55. The van der Waals surface area contributed by atoms with Crippen molar-refractivity contribution in [2.24, 2.45) is 7.05 Å². The Hall–Kier alpha value is -4.18. The van der Waals surface area contributed by atoms with Crippen LogP contribution in [0.15, 0.2) is 54.7 Å². The van der Waals surface area contributed by atoms with Crippen molar-refractivity contribution in [3.05, 3.63) is 77.1 Å². The van der Waals surface area contributed by atoms with Crippen LogP contribution in [0.3, 0.4) is 0 Å². The van der Waals surface area contributed by atoms with E-state index in [4.69, 9.17) is 14.7 Å². The number of aromatic nitrogens is 2. The van der Waals surface area contributed by atoms with E-state index in [1.54, 1.807) is 7.05 Å². The molecule has 34 heavy (non-hydrogen) atoms. The molecule has 10 heteroatoms. The van der Waals surface area contributed by atoms with Gasteiger partial charge in [-0.05, 0) is 29.2 Å². The van der Waals surface area contributed by atoms with Crippen molar-refractivity contribution in [3.63, 3.8) is 0 Å². The van der Waals surface area contributed by atoms with Crippen molar-refractivity contribution in [3.8, 4) is 11.1 Å². The number of carbonyl (C=O) groups is 3. The van der Waals surface area contributed by atoms with Crippen LogP contribution in [0, 0.1) is 0 Å². The van der Waals surface area contributed by atoms with Gasteiger partial charge in [-0.3, -0.25) is 14.3 Å². The molecule has 1 heterocycles. The minimum Gasteiger partial charge on any atom is -0.479 e. The summed E-state index contributed by atoms with van der Waals surface area (Å²) in [6.45, 7) is 1.44. The Morgan fingerprint density at radius 2 is 1.71 bits per heavy atom. The van der Waals surface area contributed by atoms with Gasteiger partial charge in [0, 0.05) is 18.5 Å². The number of carboxylic acid groups (broad SMARTS) is 1. The van der Waals surface area contributed by atoms with Crippen molar-refractivity contribution in [2.45, 2.75) is 25.5 Å². The van der Waals surface area contributed by atoms with Crippen LogP contribution in [-0.2, 0) is 28.0 Å². The number of hydrogen-bond acceptors (Lipinski definition) is 6. The topological polar surface area (TPSA) is 132 Å². The molecule has 1 unspecified atom stereocenters. The van der Waals surface area contributed by atoms with E-state index in [1.165, 1.54) is 17.8 Å². The molecule has 0 radical (unpaired) electrons. The number of carbonyl (C=O) groups excluding carboxylic acids is 2. The van der Waals surface area contributed by atoms with Crippen molar-refractivity contribution >= 4 is 18.0 Å². The van der Waals surface area contributed by atoms with Crippen LogP contribution in [0.4, 0.5) is 4.79 Å². The Kier molecular flexibility index (Phi) is 6.60. The van der Waals surface area contributed by atoms with Gasteiger partial charge in [0.15, 0.2) is 6.10 Å². The smallest absolute Gasteiger partial charge is 0.407 e. The normalized spacial score (nSPS) is 13.0. The molecule has 3 N–H and O–H groups in total. The highest BCUT2D eigenvalue weighted by Gasteiger charge is 2.29. The molecule has 0 saturated carbocycles. The van der Waals surface area contributed by atoms with Gasteiger partial charge in [-0.1, -0.05) is 48.5 Å². The first-order valence-electron chi connectivity index (χ1n) is 10.6. The van der Waals surface area contributed by atoms with Gasteiger partial charge in [-0.2, -0.15) is 5.10 Å². The van der Waals surface area contributed by atoms with E-state index in [-0.39, 0.29) is 24.8 Å². The molecule has 4 rings (SSSR count). The molecule has 0 fully saturated rings. The Morgan fingerprint density at radius 3 is 2.32 bits per heavy atom. The lowest BCUT2D eigenvalue weighted by molar-refractivity contribution is -0.152. The van der Waals surface area contributed by atoms with Crippen LogP contribution in [0.1, 0.15) is 40.0 Å². The number of aryl methyl sites for hydroxylation is 1. The SMILES string of the molecule is CC(ONC(=O)c1c(CNC(=O)OCC2c3ccccc3-c3ccccc32)cnn1C)C(=O)O. The summed E-state index contributed by atoms with van der Waals surface area (Å²) in [5.74, 6) is -1.97. The average Bonchev–Trinajstić information content (AvgIpc) is 3.37. The first kappa shape index (κ1) is 23.0. The molecule has 0 saturated heterocycles. The number of nitrogens with one attached hydrogen (secondary N) is 2. The van der Waals surface area contributed by atoms with E-state index in [0.29, 0.717) is 5.56 Å². The van der Waals surface area contributed by atoms with E-state index in [9.17, 15) is 14.4 Å². The van der Waals surface area contributed by atoms with Gasteiger partial charge in [0.05, 0.1) is 12.7 Å². The van der Waals surface area contributed by atoms with Crippen LogP contribution in [0.2, 0.25) is 0 Å². The number of aliphatic carboxylic acids is 1. The van der Waals surface area contributed by atoms with Crippen LogP contribution >= 0.6 is 0 Å². The van der Waals surface area contributed by atoms with E-state index >= 15 is 0 Å². The molecule has 1 aliphatic rings.